The number of nitrogens with zero attached hydrogens (tertiary/aromatic N) is 1. The Morgan fingerprint density at radius 2 is 2.00 bits per heavy atom. The van der Waals surface area contributed by atoms with Gasteiger partial charge in [0, 0.05) is 12.1 Å². The zero-order valence-electron chi connectivity index (χ0n) is 8.92. The fourth-order valence-corrected chi connectivity index (χ4v) is 1.67. The van der Waals surface area contributed by atoms with Crippen LogP contribution in [0, 0.1) is 0 Å². The van der Waals surface area contributed by atoms with Crippen LogP contribution in [0.2, 0.25) is 5.02 Å². The lowest BCUT2D eigenvalue weighted by atomic mass is 10.2. The van der Waals surface area contributed by atoms with Gasteiger partial charge in [-0.2, -0.15) is 5.43 Å². The first-order valence-electron chi connectivity index (χ1n) is 4.80. The van der Waals surface area contributed by atoms with Crippen molar-refractivity contribution in [3.8, 4) is 0 Å². The molecule has 1 aromatic carbocycles. The molecule has 1 atom stereocenters. The van der Waals surface area contributed by atoms with Crippen LogP contribution < -0.4 is 10.4 Å². The first-order valence-corrected chi connectivity index (χ1v) is 5.18. The smallest absolute Gasteiger partial charge is 0.305 e. The summed E-state index contributed by atoms with van der Waals surface area (Å²) in [4.78, 5) is 11.7. The Labute approximate surface area is 102 Å². The van der Waals surface area contributed by atoms with E-state index in [0.717, 1.165) is 5.01 Å². The van der Waals surface area contributed by atoms with Crippen LogP contribution >= 0.6 is 11.6 Å². The van der Waals surface area contributed by atoms with E-state index in [4.69, 9.17) is 16.3 Å². The quantitative estimate of drug-likeness (QED) is 0.643. The molecule has 1 aliphatic rings. The minimum absolute atomic E-state index is 0.437. The maximum Gasteiger partial charge on any atom is 0.305 e. The summed E-state index contributed by atoms with van der Waals surface area (Å²) in [6.07, 6.45) is -1.22. The van der Waals surface area contributed by atoms with E-state index in [1.165, 1.54) is 7.11 Å². The maximum atomic E-state index is 11.7. The summed E-state index contributed by atoms with van der Waals surface area (Å²) in [5.74, 6) is -3.50. The summed E-state index contributed by atoms with van der Waals surface area (Å²) in [6, 6.07) is 6.31. The number of hydrogen-bond acceptors (Lipinski definition) is 5. The fourth-order valence-electron chi connectivity index (χ4n) is 1.54. The molecule has 1 unspecified atom stereocenters. The first kappa shape index (κ1) is 12.3. The summed E-state index contributed by atoms with van der Waals surface area (Å²) < 4.78 is 4.77. The van der Waals surface area contributed by atoms with Gasteiger partial charge >= 0.3 is 5.91 Å². The molecule has 0 radical (unpaired) electrons. The number of hydrogen-bond donors (Lipinski definition) is 3. The lowest BCUT2D eigenvalue weighted by Crippen LogP contribution is -2.47. The molecule has 2 rings (SSSR count). The zero-order chi connectivity index (χ0) is 12.6. The molecule has 7 heteroatoms. The second-order valence-electron chi connectivity index (χ2n) is 3.59. The number of ether oxygens (including phenoxy) is 1. The number of halogens is 1. The average molecular weight is 259 g/mol. The van der Waals surface area contributed by atoms with E-state index >= 15 is 0 Å². The van der Waals surface area contributed by atoms with Crippen molar-refractivity contribution in [1.29, 1.82) is 0 Å². The van der Waals surface area contributed by atoms with Crippen molar-refractivity contribution in [2.24, 2.45) is 0 Å². The number of rotatable bonds is 2. The number of aliphatic hydroxyl groups is 2. The van der Waals surface area contributed by atoms with Gasteiger partial charge in [0.05, 0.1) is 5.69 Å². The third kappa shape index (κ3) is 2.01. The van der Waals surface area contributed by atoms with Crippen molar-refractivity contribution in [1.82, 2.24) is 5.43 Å². The maximum absolute atomic E-state index is 11.7. The number of carbonyl (C=O) groups excluding carboxylic acids is 1. The largest absolute Gasteiger partial charge is 0.359 e. The van der Waals surface area contributed by atoms with Crippen LogP contribution in [-0.2, 0) is 9.53 Å². The van der Waals surface area contributed by atoms with Gasteiger partial charge in [0.1, 0.15) is 0 Å². The van der Waals surface area contributed by atoms with E-state index < -0.39 is 17.9 Å². The van der Waals surface area contributed by atoms with Crippen LogP contribution in [0.15, 0.2) is 24.3 Å². The molecule has 1 aliphatic heterocycles. The van der Waals surface area contributed by atoms with Crippen molar-refractivity contribution in [2.75, 3.05) is 12.1 Å². The van der Waals surface area contributed by atoms with Gasteiger partial charge in [-0.25, -0.2) is 5.01 Å². The Hall–Kier alpha value is -1.18. The van der Waals surface area contributed by atoms with Crippen LogP contribution in [0.5, 0.6) is 0 Å². The van der Waals surface area contributed by atoms with E-state index in [9.17, 15) is 15.0 Å². The number of nitrogens with one attached hydrogen (secondary N) is 1. The molecule has 1 aromatic rings. The number of carbonyl (C=O) groups is 1. The van der Waals surface area contributed by atoms with Gasteiger partial charge in [-0.3, -0.25) is 4.79 Å². The van der Waals surface area contributed by atoms with Crippen LogP contribution in [-0.4, -0.2) is 35.2 Å². The first-order chi connectivity index (χ1) is 7.96. The van der Waals surface area contributed by atoms with Crippen molar-refractivity contribution in [2.45, 2.75) is 12.0 Å². The molecule has 0 spiro atoms. The molecular weight excluding hydrogens is 248 g/mol. The van der Waals surface area contributed by atoms with Crippen LogP contribution in [0.1, 0.15) is 0 Å². The highest BCUT2D eigenvalue weighted by atomic mass is 35.5. The van der Waals surface area contributed by atoms with E-state index in [1.54, 1.807) is 24.3 Å². The number of hydrazine groups is 1. The van der Waals surface area contributed by atoms with Crippen molar-refractivity contribution >= 4 is 23.2 Å². The Bertz CT molecular complexity index is 434. The second kappa shape index (κ2) is 4.25. The Morgan fingerprint density at radius 1 is 1.41 bits per heavy atom. The molecular formula is C10H11ClN2O4. The van der Waals surface area contributed by atoms with Gasteiger partial charge in [-0.15, -0.1) is 0 Å². The SMILES string of the molecule is COC1NN(c2ccc(Cl)cc2)C(=O)C1(O)O. The van der Waals surface area contributed by atoms with Crippen LogP contribution in [0.4, 0.5) is 5.69 Å². The lowest BCUT2D eigenvalue weighted by Gasteiger charge is -2.17. The van der Waals surface area contributed by atoms with E-state index in [-0.39, 0.29) is 0 Å². The molecule has 1 amide bonds. The molecule has 0 saturated carbocycles. The minimum Gasteiger partial charge on any atom is -0.359 e. The molecule has 0 aliphatic carbocycles. The molecule has 1 saturated heterocycles. The topological polar surface area (TPSA) is 82.0 Å². The predicted molar refractivity (Wildman–Crippen MR) is 60.0 cm³/mol. The number of amides is 1. The number of anilines is 1. The molecule has 0 aromatic heterocycles. The third-order valence-electron chi connectivity index (χ3n) is 2.45. The van der Waals surface area contributed by atoms with Crippen molar-refractivity contribution < 1.29 is 19.7 Å². The normalized spacial score (nSPS) is 23.2. The molecule has 1 fully saturated rings. The third-order valence-corrected chi connectivity index (χ3v) is 2.70. The van der Waals surface area contributed by atoms with Gasteiger partial charge in [0.2, 0.25) is 0 Å². The van der Waals surface area contributed by atoms with Crippen molar-refractivity contribution in [3.63, 3.8) is 0 Å². The molecule has 17 heavy (non-hydrogen) atoms. The molecule has 3 N–H and O–H groups in total. The lowest BCUT2D eigenvalue weighted by molar-refractivity contribution is -0.214. The highest BCUT2D eigenvalue weighted by Gasteiger charge is 2.53. The zero-order valence-corrected chi connectivity index (χ0v) is 9.68. The molecule has 6 nitrogen and oxygen atoms in total. The summed E-state index contributed by atoms with van der Waals surface area (Å²) in [7, 11) is 1.26. The molecule has 92 valence electrons. The highest BCUT2D eigenvalue weighted by molar-refractivity contribution is 6.30. The van der Waals surface area contributed by atoms with Gasteiger partial charge in [0.25, 0.3) is 5.79 Å². The summed E-state index contributed by atoms with van der Waals surface area (Å²) >= 11 is 5.72. The van der Waals surface area contributed by atoms with Gasteiger partial charge in [0.15, 0.2) is 6.23 Å². The molecule has 0 bridgehead atoms. The average Bonchev–Trinajstić information content (AvgIpc) is 2.52. The van der Waals surface area contributed by atoms with Gasteiger partial charge in [-0.1, -0.05) is 11.6 Å². The number of benzene rings is 1. The summed E-state index contributed by atoms with van der Waals surface area (Å²) in [6.45, 7) is 0. The Balaban J connectivity index is 2.30. The second-order valence-corrected chi connectivity index (χ2v) is 4.02. The molecule has 1 heterocycles. The van der Waals surface area contributed by atoms with Crippen LogP contribution in [0.3, 0.4) is 0 Å². The van der Waals surface area contributed by atoms with E-state index in [1.807, 2.05) is 0 Å². The van der Waals surface area contributed by atoms with Crippen LogP contribution in [0.25, 0.3) is 0 Å². The van der Waals surface area contributed by atoms with Gasteiger partial charge in [-0.05, 0) is 24.3 Å². The number of methoxy groups -OCH3 is 1. The van der Waals surface area contributed by atoms with Crippen molar-refractivity contribution in [3.05, 3.63) is 29.3 Å². The standard InChI is InChI=1S/C10H11ClN2O4/c1-17-8-10(15,16)9(14)13(12-8)7-4-2-6(11)3-5-7/h2-5,8,12,15-16H,1H3. The summed E-state index contributed by atoms with van der Waals surface area (Å²) in [5, 5.41) is 20.6. The Kier molecular flexibility index (Phi) is 3.07. The summed E-state index contributed by atoms with van der Waals surface area (Å²) in [5.41, 5.74) is 2.97. The predicted octanol–water partition coefficient (Wildman–Crippen LogP) is -0.155. The highest BCUT2D eigenvalue weighted by Crippen LogP contribution is 2.25. The van der Waals surface area contributed by atoms with Gasteiger partial charge < -0.3 is 14.9 Å². The monoisotopic (exact) mass is 258 g/mol. The Morgan fingerprint density at radius 3 is 2.47 bits per heavy atom. The minimum atomic E-state index is -2.59. The van der Waals surface area contributed by atoms with E-state index in [2.05, 4.69) is 5.43 Å². The fraction of sp³-hybridized carbons (Fsp3) is 0.300. The van der Waals surface area contributed by atoms with E-state index in [0.29, 0.717) is 10.7 Å².